The zero-order valence-electron chi connectivity index (χ0n) is 14.8. The summed E-state index contributed by atoms with van der Waals surface area (Å²) in [6.07, 6.45) is 0.941. The Morgan fingerprint density at radius 3 is 2.52 bits per heavy atom. The molecule has 0 saturated carbocycles. The number of rotatable bonds is 6. The van der Waals surface area contributed by atoms with Gasteiger partial charge in [-0.25, -0.2) is 5.43 Å². The SMILES string of the molecule is O=C(Cc1cccc2ccccc12)NN=Cc1cc([N+](=O)[O-])cc([N+](=O)[O-])c1O. The molecule has 0 bridgehead atoms. The summed E-state index contributed by atoms with van der Waals surface area (Å²) < 4.78 is 0. The predicted molar refractivity (Wildman–Crippen MR) is 105 cm³/mol. The molecular weight excluding hydrogens is 380 g/mol. The minimum Gasteiger partial charge on any atom is -0.502 e. The number of benzene rings is 3. The highest BCUT2D eigenvalue weighted by Gasteiger charge is 2.23. The Balaban J connectivity index is 1.78. The second kappa shape index (κ2) is 8.13. The van der Waals surface area contributed by atoms with Gasteiger partial charge in [-0.1, -0.05) is 42.5 Å². The highest BCUT2D eigenvalue weighted by atomic mass is 16.6. The monoisotopic (exact) mass is 394 g/mol. The van der Waals surface area contributed by atoms with Gasteiger partial charge in [0, 0.05) is 6.07 Å². The second-order valence-corrected chi connectivity index (χ2v) is 6.03. The molecule has 0 heterocycles. The van der Waals surface area contributed by atoms with Gasteiger partial charge in [0.05, 0.1) is 34.1 Å². The van der Waals surface area contributed by atoms with Crippen LogP contribution in [0.5, 0.6) is 5.75 Å². The molecule has 3 rings (SSSR count). The van der Waals surface area contributed by atoms with Gasteiger partial charge in [0.1, 0.15) is 0 Å². The van der Waals surface area contributed by atoms with Crippen molar-refractivity contribution in [1.82, 2.24) is 5.43 Å². The van der Waals surface area contributed by atoms with Gasteiger partial charge in [-0.15, -0.1) is 0 Å². The summed E-state index contributed by atoms with van der Waals surface area (Å²) in [5, 5.41) is 37.3. The maximum Gasteiger partial charge on any atom is 0.318 e. The van der Waals surface area contributed by atoms with E-state index in [0.29, 0.717) is 6.07 Å². The topological polar surface area (TPSA) is 148 Å². The van der Waals surface area contributed by atoms with Crippen molar-refractivity contribution >= 4 is 34.3 Å². The van der Waals surface area contributed by atoms with Crippen molar-refractivity contribution < 1.29 is 19.7 Å². The van der Waals surface area contributed by atoms with Crippen LogP contribution in [0.3, 0.4) is 0 Å². The number of phenolic OH excluding ortho intramolecular Hbond substituents is 1. The normalized spacial score (nSPS) is 10.9. The number of phenols is 1. The highest BCUT2D eigenvalue weighted by molar-refractivity contribution is 5.91. The van der Waals surface area contributed by atoms with Crippen LogP contribution in [0.15, 0.2) is 59.7 Å². The van der Waals surface area contributed by atoms with Crippen molar-refractivity contribution in [2.75, 3.05) is 0 Å². The lowest BCUT2D eigenvalue weighted by atomic mass is 10.0. The molecule has 29 heavy (non-hydrogen) atoms. The van der Waals surface area contributed by atoms with E-state index in [0.717, 1.165) is 28.6 Å². The molecule has 0 saturated heterocycles. The average molecular weight is 394 g/mol. The van der Waals surface area contributed by atoms with E-state index >= 15 is 0 Å². The third-order valence-corrected chi connectivity index (χ3v) is 4.14. The number of non-ortho nitro benzene ring substituents is 1. The Morgan fingerprint density at radius 1 is 1.07 bits per heavy atom. The van der Waals surface area contributed by atoms with Crippen molar-refractivity contribution in [3.63, 3.8) is 0 Å². The summed E-state index contributed by atoms with van der Waals surface area (Å²) in [4.78, 5) is 32.3. The largest absolute Gasteiger partial charge is 0.502 e. The van der Waals surface area contributed by atoms with Gasteiger partial charge < -0.3 is 5.11 Å². The van der Waals surface area contributed by atoms with Gasteiger partial charge in [-0.2, -0.15) is 5.10 Å². The number of nitro groups is 2. The summed E-state index contributed by atoms with van der Waals surface area (Å²) in [7, 11) is 0. The summed E-state index contributed by atoms with van der Waals surface area (Å²) in [6.45, 7) is 0. The van der Waals surface area contributed by atoms with Crippen molar-refractivity contribution in [3.05, 3.63) is 86.0 Å². The maximum atomic E-state index is 12.2. The van der Waals surface area contributed by atoms with Gasteiger partial charge in [0.2, 0.25) is 11.7 Å². The summed E-state index contributed by atoms with van der Waals surface area (Å²) in [5.41, 5.74) is 1.35. The van der Waals surface area contributed by atoms with Crippen molar-refractivity contribution in [3.8, 4) is 5.75 Å². The van der Waals surface area contributed by atoms with E-state index in [1.807, 2.05) is 36.4 Å². The molecule has 0 fully saturated rings. The number of nitrogens with one attached hydrogen (secondary N) is 1. The van der Waals surface area contributed by atoms with E-state index in [9.17, 15) is 30.1 Å². The number of amides is 1. The van der Waals surface area contributed by atoms with Crippen molar-refractivity contribution in [2.45, 2.75) is 6.42 Å². The smallest absolute Gasteiger partial charge is 0.318 e. The number of hydrogen-bond donors (Lipinski definition) is 2. The average Bonchev–Trinajstić information content (AvgIpc) is 2.69. The fourth-order valence-corrected chi connectivity index (χ4v) is 2.80. The number of aromatic hydroxyl groups is 1. The van der Waals surface area contributed by atoms with E-state index in [4.69, 9.17) is 0 Å². The standard InChI is InChI=1S/C19H14N4O6/c24-18(9-13-6-3-5-12-4-1-2-7-16(12)13)21-20-11-14-8-15(22(26)27)10-17(19(14)25)23(28)29/h1-8,10-11,25H,9H2,(H,21,24). The molecule has 10 heteroatoms. The lowest BCUT2D eigenvalue weighted by molar-refractivity contribution is -0.394. The van der Waals surface area contributed by atoms with Crippen LogP contribution in [0.2, 0.25) is 0 Å². The van der Waals surface area contributed by atoms with Crippen LogP contribution in [0.25, 0.3) is 10.8 Å². The molecule has 0 aliphatic rings. The molecule has 2 N–H and O–H groups in total. The van der Waals surface area contributed by atoms with E-state index in [2.05, 4.69) is 10.5 Å². The Kier molecular flexibility index (Phi) is 5.44. The zero-order chi connectivity index (χ0) is 21.0. The lowest BCUT2D eigenvalue weighted by Crippen LogP contribution is -2.19. The molecule has 1 amide bonds. The Bertz CT molecular complexity index is 1150. The van der Waals surface area contributed by atoms with Gasteiger partial charge in [-0.05, 0) is 16.3 Å². The number of hydrazone groups is 1. The number of carbonyl (C=O) groups is 1. The third kappa shape index (κ3) is 4.33. The Hall–Kier alpha value is -4.34. The quantitative estimate of drug-likeness (QED) is 0.373. The number of hydrogen-bond acceptors (Lipinski definition) is 7. The molecule has 0 unspecified atom stereocenters. The van der Waals surface area contributed by atoms with Crippen LogP contribution < -0.4 is 5.43 Å². The third-order valence-electron chi connectivity index (χ3n) is 4.14. The molecule has 146 valence electrons. The number of nitro benzene ring substituents is 2. The zero-order valence-corrected chi connectivity index (χ0v) is 14.8. The molecule has 0 atom stereocenters. The number of nitrogens with zero attached hydrogens (tertiary/aromatic N) is 3. The van der Waals surface area contributed by atoms with Crippen LogP contribution in [-0.4, -0.2) is 27.1 Å². The summed E-state index contributed by atoms with van der Waals surface area (Å²) >= 11 is 0. The first-order valence-electron chi connectivity index (χ1n) is 8.31. The fraction of sp³-hybridized carbons (Fsp3) is 0.0526. The Morgan fingerprint density at radius 2 is 1.79 bits per heavy atom. The van der Waals surface area contributed by atoms with E-state index in [-0.39, 0.29) is 12.0 Å². The lowest BCUT2D eigenvalue weighted by Gasteiger charge is -2.05. The molecular formula is C19H14N4O6. The van der Waals surface area contributed by atoms with E-state index in [1.165, 1.54) is 0 Å². The summed E-state index contributed by atoms with van der Waals surface area (Å²) in [6, 6.07) is 14.7. The van der Waals surface area contributed by atoms with Gasteiger partial charge in [0.15, 0.2) is 0 Å². The molecule has 0 aromatic heterocycles. The molecule has 0 spiro atoms. The van der Waals surface area contributed by atoms with E-state index < -0.39 is 32.9 Å². The predicted octanol–water partition coefficient (Wildman–Crippen LogP) is 3.05. The van der Waals surface area contributed by atoms with Gasteiger partial charge in [-0.3, -0.25) is 25.0 Å². The molecule has 0 aliphatic carbocycles. The van der Waals surface area contributed by atoms with Crippen LogP contribution in [0.4, 0.5) is 11.4 Å². The molecule has 3 aromatic carbocycles. The number of carbonyl (C=O) groups excluding carboxylic acids is 1. The minimum atomic E-state index is -0.946. The fourth-order valence-electron chi connectivity index (χ4n) is 2.80. The Labute approximate surface area is 163 Å². The first kappa shape index (κ1) is 19.4. The summed E-state index contributed by atoms with van der Waals surface area (Å²) in [5.74, 6) is -1.25. The van der Waals surface area contributed by atoms with Gasteiger partial charge in [0.25, 0.3) is 5.69 Å². The van der Waals surface area contributed by atoms with Crippen molar-refractivity contribution in [1.29, 1.82) is 0 Å². The first-order chi connectivity index (χ1) is 13.9. The highest BCUT2D eigenvalue weighted by Crippen LogP contribution is 2.33. The maximum absolute atomic E-state index is 12.2. The second-order valence-electron chi connectivity index (χ2n) is 6.03. The number of fused-ring (bicyclic) bond motifs is 1. The first-order valence-corrected chi connectivity index (χ1v) is 8.31. The van der Waals surface area contributed by atoms with Crippen LogP contribution in [0.1, 0.15) is 11.1 Å². The van der Waals surface area contributed by atoms with E-state index in [1.54, 1.807) is 6.07 Å². The van der Waals surface area contributed by atoms with Gasteiger partial charge >= 0.3 is 5.69 Å². The molecule has 3 aromatic rings. The molecule has 10 nitrogen and oxygen atoms in total. The minimum absolute atomic E-state index is 0.0275. The van der Waals surface area contributed by atoms with Crippen molar-refractivity contribution in [2.24, 2.45) is 5.10 Å². The molecule has 0 aliphatic heterocycles. The molecule has 0 radical (unpaired) electrons. The van der Waals surface area contributed by atoms with Crippen LogP contribution in [-0.2, 0) is 11.2 Å². The van der Waals surface area contributed by atoms with Crippen LogP contribution >= 0.6 is 0 Å². The van der Waals surface area contributed by atoms with Crippen LogP contribution in [0, 0.1) is 20.2 Å².